The van der Waals surface area contributed by atoms with Crippen molar-refractivity contribution >= 4 is 11.9 Å². The van der Waals surface area contributed by atoms with Crippen molar-refractivity contribution in [2.24, 2.45) is 0 Å². The normalized spacial score (nSPS) is 10.4. The van der Waals surface area contributed by atoms with Gasteiger partial charge >= 0.3 is 11.9 Å². The molecule has 1 aromatic rings. The Morgan fingerprint density at radius 1 is 1.28 bits per heavy atom. The van der Waals surface area contributed by atoms with Crippen molar-refractivity contribution in [2.45, 2.75) is 13.0 Å². The van der Waals surface area contributed by atoms with E-state index < -0.39 is 5.97 Å². The average Bonchev–Trinajstić information content (AvgIpc) is 2.34. The summed E-state index contributed by atoms with van der Waals surface area (Å²) in [4.78, 5) is 24.2. The van der Waals surface area contributed by atoms with Crippen LogP contribution in [-0.4, -0.2) is 42.6 Å². The minimum absolute atomic E-state index is 0.00522. The van der Waals surface area contributed by atoms with Crippen LogP contribution in [0.3, 0.4) is 0 Å². The van der Waals surface area contributed by atoms with E-state index in [9.17, 15) is 9.59 Å². The number of benzene rings is 1. The molecule has 0 unspecified atom stereocenters. The molecule has 0 aliphatic rings. The maximum Gasteiger partial charge on any atom is 0.336 e. The third-order valence-electron chi connectivity index (χ3n) is 2.40. The first-order valence-corrected chi connectivity index (χ1v) is 5.62. The summed E-state index contributed by atoms with van der Waals surface area (Å²) in [5.41, 5.74) is 0.668. The van der Waals surface area contributed by atoms with Crippen LogP contribution in [0.2, 0.25) is 0 Å². The largest absolute Gasteiger partial charge is 0.478 e. The van der Waals surface area contributed by atoms with Gasteiger partial charge in [-0.3, -0.25) is 4.79 Å². The Morgan fingerprint density at radius 3 is 2.56 bits per heavy atom. The van der Waals surface area contributed by atoms with Gasteiger partial charge in [0.1, 0.15) is 6.61 Å². The summed E-state index contributed by atoms with van der Waals surface area (Å²) in [5, 5.41) is 8.96. The van der Waals surface area contributed by atoms with Crippen molar-refractivity contribution in [2.75, 3.05) is 20.6 Å². The molecule has 5 nitrogen and oxygen atoms in total. The van der Waals surface area contributed by atoms with Crippen LogP contribution < -0.4 is 0 Å². The van der Waals surface area contributed by atoms with Gasteiger partial charge in [-0.1, -0.05) is 18.2 Å². The third-order valence-corrected chi connectivity index (χ3v) is 2.40. The fraction of sp³-hybridized carbons (Fsp3) is 0.385. The Labute approximate surface area is 106 Å². The Balaban J connectivity index is 2.53. The van der Waals surface area contributed by atoms with E-state index in [1.54, 1.807) is 18.2 Å². The van der Waals surface area contributed by atoms with Crippen molar-refractivity contribution in [1.29, 1.82) is 0 Å². The monoisotopic (exact) mass is 251 g/mol. The van der Waals surface area contributed by atoms with Crippen molar-refractivity contribution in [3.8, 4) is 0 Å². The van der Waals surface area contributed by atoms with Gasteiger partial charge in [0.2, 0.25) is 0 Å². The standard InChI is InChI=1S/C13H17NO4/c1-14(2)8-7-12(15)18-9-10-5-3-4-6-11(10)13(16)17/h3-6H,7-9H2,1-2H3,(H,16,17). The summed E-state index contributed by atoms with van der Waals surface area (Å²) < 4.78 is 5.04. The fourth-order valence-corrected chi connectivity index (χ4v) is 1.40. The Bertz CT molecular complexity index is 429. The molecule has 0 aromatic heterocycles. The van der Waals surface area contributed by atoms with Gasteiger partial charge in [0.25, 0.3) is 0 Å². The van der Waals surface area contributed by atoms with Crippen LogP contribution in [0.25, 0.3) is 0 Å². The lowest BCUT2D eigenvalue weighted by Gasteiger charge is -2.10. The summed E-state index contributed by atoms with van der Waals surface area (Å²) in [6, 6.07) is 6.49. The molecule has 0 bridgehead atoms. The van der Waals surface area contributed by atoms with Gasteiger partial charge < -0.3 is 14.7 Å². The molecule has 98 valence electrons. The Hall–Kier alpha value is -1.88. The van der Waals surface area contributed by atoms with Gasteiger partial charge in [-0.15, -0.1) is 0 Å². The molecule has 1 rings (SSSR count). The molecule has 0 heterocycles. The predicted octanol–water partition coefficient (Wildman–Crippen LogP) is 1.38. The first-order chi connectivity index (χ1) is 8.50. The zero-order valence-corrected chi connectivity index (χ0v) is 10.5. The van der Waals surface area contributed by atoms with Crippen LogP contribution in [0, 0.1) is 0 Å². The second-order valence-corrected chi connectivity index (χ2v) is 4.18. The van der Waals surface area contributed by atoms with Crippen molar-refractivity contribution in [3.05, 3.63) is 35.4 Å². The molecule has 0 saturated carbocycles. The summed E-state index contributed by atoms with van der Waals surface area (Å²) >= 11 is 0. The summed E-state index contributed by atoms with van der Waals surface area (Å²) in [6.45, 7) is 0.605. The van der Waals surface area contributed by atoms with Crippen LogP contribution in [-0.2, 0) is 16.1 Å². The van der Waals surface area contributed by atoms with Gasteiger partial charge in [-0.05, 0) is 20.2 Å². The molecule has 0 spiro atoms. The molecule has 1 N–H and O–H groups in total. The van der Waals surface area contributed by atoms with Crippen molar-refractivity contribution in [3.63, 3.8) is 0 Å². The van der Waals surface area contributed by atoms with Gasteiger partial charge in [0.15, 0.2) is 0 Å². The number of carboxylic acids is 1. The molecule has 0 amide bonds. The minimum Gasteiger partial charge on any atom is -0.478 e. The molecule has 1 aromatic carbocycles. The highest BCUT2D eigenvalue weighted by Gasteiger charge is 2.11. The number of carbonyl (C=O) groups is 2. The lowest BCUT2D eigenvalue weighted by atomic mass is 10.1. The number of esters is 1. The molecule has 0 radical (unpaired) electrons. The quantitative estimate of drug-likeness (QED) is 0.774. The highest BCUT2D eigenvalue weighted by atomic mass is 16.5. The topological polar surface area (TPSA) is 66.8 Å². The van der Waals surface area contributed by atoms with Crippen LogP contribution in [0.15, 0.2) is 24.3 Å². The summed E-state index contributed by atoms with van der Waals surface area (Å²) in [6.07, 6.45) is 0.294. The van der Waals surface area contributed by atoms with Crippen LogP contribution in [0.5, 0.6) is 0 Å². The third kappa shape index (κ3) is 4.55. The summed E-state index contributed by atoms with van der Waals surface area (Å²) in [7, 11) is 3.74. The fourth-order valence-electron chi connectivity index (χ4n) is 1.40. The molecule has 0 aliphatic heterocycles. The lowest BCUT2D eigenvalue weighted by molar-refractivity contribution is -0.145. The van der Waals surface area contributed by atoms with Crippen molar-refractivity contribution < 1.29 is 19.4 Å². The maximum absolute atomic E-state index is 11.4. The number of hydrogen-bond acceptors (Lipinski definition) is 4. The van der Waals surface area contributed by atoms with Crippen LogP contribution in [0.4, 0.5) is 0 Å². The summed E-state index contributed by atoms with van der Waals surface area (Å²) in [5.74, 6) is -1.35. The highest BCUT2D eigenvalue weighted by molar-refractivity contribution is 5.89. The Morgan fingerprint density at radius 2 is 1.94 bits per heavy atom. The molecular formula is C13H17NO4. The molecule has 5 heteroatoms. The maximum atomic E-state index is 11.4. The number of nitrogens with zero attached hydrogens (tertiary/aromatic N) is 1. The zero-order chi connectivity index (χ0) is 13.5. The molecule has 0 atom stereocenters. The van der Waals surface area contributed by atoms with E-state index in [2.05, 4.69) is 0 Å². The van der Waals surface area contributed by atoms with Crippen molar-refractivity contribution in [1.82, 2.24) is 4.90 Å². The molecule has 0 aliphatic carbocycles. The number of aromatic carboxylic acids is 1. The van der Waals surface area contributed by atoms with E-state index in [-0.39, 0.29) is 18.1 Å². The predicted molar refractivity (Wildman–Crippen MR) is 66.4 cm³/mol. The van der Waals surface area contributed by atoms with E-state index in [1.807, 2.05) is 19.0 Å². The number of hydrogen-bond donors (Lipinski definition) is 1. The van der Waals surface area contributed by atoms with Gasteiger partial charge in [-0.2, -0.15) is 0 Å². The zero-order valence-electron chi connectivity index (χ0n) is 10.5. The SMILES string of the molecule is CN(C)CCC(=O)OCc1ccccc1C(=O)O. The second-order valence-electron chi connectivity index (χ2n) is 4.18. The number of rotatable bonds is 6. The molecule has 0 saturated heterocycles. The highest BCUT2D eigenvalue weighted by Crippen LogP contribution is 2.10. The molecule has 0 fully saturated rings. The molecular weight excluding hydrogens is 234 g/mol. The Kier molecular flexibility index (Phi) is 5.32. The average molecular weight is 251 g/mol. The second kappa shape index (κ2) is 6.76. The van der Waals surface area contributed by atoms with Crippen LogP contribution in [0.1, 0.15) is 22.3 Å². The smallest absolute Gasteiger partial charge is 0.336 e. The van der Waals surface area contributed by atoms with E-state index >= 15 is 0 Å². The van der Waals surface area contributed by atoms with E-state index in [1.165, 1.54) is 6.07 Å². The number of carboxylic acid groups (broad SMARTS) is 1. The van der Waals surface area contributed by atoms with Crippen LogP contribution >= 0.6 is 0 Å². The first-order valence-electron chi connectivity index (χ1n) is 5.62. The van der Waals surface area contributed by atoms with E-state index in [4.69, 9.17) is 9.84 Å². The number of ether oxygens (including phenoxy) is 1. The van der Waals surface area contributed by atoms with Gasteiger partial charge in [0.05, 0.1) is 12.0 Å². The van der Waals surface area contributed by atoms with E-state index in [0.29, 0.717) is 18.5 Å². The first kappa shape index (κ1) is 14.2. The lowest BCUT2D eigenvalue weighted by Crippen LogP contribution is -2.18. The van der Waals surface area contributed by atoms with Gasteiger partial charge in [0, 0.05) is 12.1 Å². The minimum atomic E-state index is -1.02. The van der Waals surface area contributed by atoms with E-state index in [0.717, 1.165) is 0 Å². The van der Waals surface area contributed by atoms with Gasteiger partial charge in [-0.25, -0.2) is 4.79 Å². The molecule has 18 heavy (non-hydrogen) atoms. The number of carbonyl (C=O) groups excluding carboxylic acids is 1.